The third-order valence-corrected chi connectivity index (χ3v) is 10.4. The van der Waals surface area contributed by atoms with Gasteiger partial charge in [0.2, 0.25) is 0 Å². The van der Waals surface area contributed by atoms with Gasteiger partial charge >= 0.3 is 17.9 Å². The Morgan fingerprint density at radius 3 is 1.17 bits per heavy atom. The fourth-order valence-corrected chi connectivity index (χ4v) is 6.66. The maximum atomic E-state index is 12.8. The van der Waals surface area contributed by atoms with Gasteiger partial charge in [-0.05, 0) is 70.6 Å². The molecule has 0 aliphatic carbocycles. The van der Waals surface area contributed by atoms with E-state index in [4.69, 9.17) is 14.2 Å². The van der Waals surface area contributed by atoms with Crippen LogP contribution in [0.3, 0.4) is 0 Å². The lowest BCUT2D eigenvalue weighted by atomic mass is 10.0. The van der Waals surface area contributed by atoms with Gasteiger partial charge in [-0.25, -0.2) is 0 Å². The molecule has 0 aromatic heterocycles. The van der Waals surface area contributed by atoms with Crippen LogP contribution in [0.25, 0.3) is 0 Å². The van der Waals surface area contributed by atoms with Gasteiger partial charge in [0.05, 0.1) is 0 Å². The summed E-state index contributed by atoms with van der Waals surface area (Å²) in [6.07, 6.45) is 67.8. The molecule has 0 rings (SSSR count). The van der Waals surface area contributed by atoms with E-state index in [1.807, 2.05) is 60.8 Å². The van der Waals surface area contributed by atoms with Crippen molar-refractivity contribution in [3.8, 4) is 0 Å². The molecule has 0 amide bonds. The van der Waals surface area contributed by atoms with Gasteiger partial charge in [-0.1, -0.05) is 233 Å². The van der Waals surface area contributed by atoms with Gasteiger partial charge < -0.3 is 14.2 Å². The molecule has 6 nitrogen and oxygen atoms in total. The molecule has 0 aromatic rings. The minimum atomic E-state index is -0.808. The van der Waals surface area contributed by atoms with Crippen molar-refractivity contribution in [1.29, 1.82) is 0 Å². The first-order valence-electron chi connectivity index (χ1n) is 25.5. The van der Waals surface area contributed by atoms with Crippen molar-refractivity contribution in [2.45, 2.75) is 219 Å². The van der Waals surface area contributed by atoms with E-state index in [-0.39, 0.29) is 37.5 Å². The van der Waals surface area contributed by atoms with Crippen LogP contribution in [0.4, 0.5) is 0 Å². The molecule has 1 atom stereocenters. The molecule has 63 heavy (non-hydrogen) atoms. The highest BCUT2D eigenvalue weighted by Crippen LogP contribution is 2.14. The molecular formula is C57H92O6. The van der Waals surface area contributed by atoms with Gasteiger partial charge in [0, 0.05) is 19.3 Å². The van der Waals surface area contributed by atoms with Crippen LogP contribution >= 0.6 is 0 Å². The van der Waals surface area contributed by atoms with Gasteiger partial charge in [0.1, 0.15) is 13.2 Å². The zero-order valence-corrected chi connectivity index (χ0v) is 40.5. The zero-order valence-electron chi connectivity index (χ0n) is 40.5. The lowest BCUT2D eigenvalue weighted by molar-refractivity contribution is -0.167. The van der Waals surface area contributed by atoms with E-state index in [0.29, 0.717) is 12.8 Å². The number of carbonyl (C=O) groups is 3. The average molecular weight is 873 g/mol. The number of carbonyl (C=O) groups excluding carboxylic acids is 3. The topological polar surface area (TPSA) is 78.9 Å². The molecule has 0 aromatic carbocycles. The Kier molecular flexibility index (Phi) is 47.5. The molecule has 356 valence electrons. The van der Waals surface area contributed by atoms with Crippen molar-refractivity contribution in [1.82, 2.24) is 0 Å². The largest absolute Gasteiger partial charge is 0.462 e. The molecule has 0 heterocycles. The van der Waals surface area contributed by atoms with Crippen LogP contribution in [-0.2, 0) is 28.6 Å². The second-order valence-electron chi connectivity index (χ2n) is 16.5. The number of unbranched alkanes of at least 4 members (excludes halogenated alkanes) is 20. The second-order valence-corrected chi connectivity index (χ2v) is 16.5. The minimum Gasteiger partial charge on any atom is -0.462 e. The standard InChI is InChI=1S/C57H92O6/c1-4-7-10-13-16-19-22-25-28-29-30-33-35-38-41-44-47-50-56(59)62-53-54(63-57(60)51-48-45-42-39-36-32-27-24-21-18-15-12-9-6-3)52-61-55(58)49-46-43-40-37-34-31-26-23-20-17-14-11-8-5-2/h7,9-10,12-13,16,18-19,21-22,25,27-30,32-33,35,54H,4-6,8,11,14-15,17,20,23-24,26,31,34,36-53H2,1-3H3/b10-7-,12-9-,16-13-,21-18-,22-19-,28-25-,30-29+,32-27-,35-33-. The van der Waals surface area contributed by atoms with E-state index >= 15 is 0 Å². The predicted molar refractivity (Wildman–Crippen MR) is 270 cm³/mol. The van der Waals surface area contributed by atoms with E-state index in [2.05, 4.69) is 69.4 Å². The molecule has 6 heteroatoms. The van der Waals surface area contributed by atoms with E-state index in [1.165, 1.54) is 70.6 Å². The average Bonchev–Trinajstić information content (AvgIpc) is 3.28. The van der Waals surface area contributed by atoms with E-state index < -0.39 is 6.10 Å². The number of ether oxygens (including phenoxy) is 3. The summed E-state index contributed by atoms with van der Waals surface area (Å²) in [4.78, 5) is 38.0. The Hall–Kier alpha value is -3.93. The summed E-state index contributed by atoms with van der Waals surface area (Å²) >= 11 is 0. The number of hydrogen-bond acceptors (Lipinski definition) is 6. The second kappa shape index (κ2) is 50.7. The molecule has 0 fully saturated rings. The monoisotopic (exact) mass is 873 g/mol. The summed E-state index contributed by atoms with van der Waals surface area (Å²) in [6, 6.07) is 0. The Bertz CT molecular complexity index is 1330. The van der Waals surface area contributed by atoms with Crippen LogP contribution in [-0.4, -0.2) is 37.2 Å². The molecule has 0 saturated carbocycles. The summed E-state index contributed by atoms with van der Waals surface area (Å²) in [5.41, 5.74) is 0. The lowest BCUT2D eigenvalue weighted by Gasteiger charge is -2.18. The Morgan fingerprint density at radius 1 is 0.349 bits per heavy atom. The molecule has 0 N–H and O–H groups in total. The first kappa shape index (κ1) is 59.1. The van der Waals surface area contributed by atoms with Crippen molar-refractivity contribution >= 4 is 17.9 Å². The minimum absolute atomic E-state index is 0.102. The van der Waals surface area contributed by atoms with Crippen molar-refractivity contribution in [3.63, 3.8) is 0 Å². The van der Waals surface area contributed by atoms with Gasteiger partial charge in [0.25, 0.3) is 0 Å². The van der Waals surface area contributed by atoms with Crippen molar-refractivity contribution in [2.24, 2.45) is 0 Å². The fraction of sp³-hybridized carbons (Fsp3) is 0.632. The van der Waals surface area contributed by atoms with Crippen molar-refractivity contribution < 1.29 is 28.6 Å². The van der Waals surface area contributed by atoms with Gasteiger partial charge in [0.15, 0.2) is 6.10 Å². The summed E-state index contributed by atoms with van der Waals surface area (Å²) in [6.45, 7) is 6.31. The molecule has 0 spiro atoms. The number of hydrogen-bond donors (Lipinski definition) is 0. The first-order valence-corrected chi connectivity index (χ1v) is 25.5. The molecule has 1 unspecified atom stereocenters. The molecule has 0 aliphatic rings. The van der Waals surface area contributed by atoms with E-state index in [0.717, 1.165) is 103 Å². The maximum absolute atomic E-state index is 12.8. The third-order valence-electron chi connectivity index (χ3n) is 10.4. The Labute approximate surface area is 387 Å². The van der Waals surface area contributed by atoms with Crippen LogP contribution in [0.5, 0.6) is 0 Å². The zero-order chi connectivity index (χ0) is 45.8. The highest BCUT2D eigenvalue weighted by atomic mass is 16.6. The number of rotatable bonds is 44. The molecular weight excluding hydrogens is 781 g/mol. The van der Waals surface area contributed by atoms with Crippen molar-refractivity contribution in [2.75, 3.05) is 13.2 Å². The normalized spacial score (nSPS) is 13.0. The smallest absolute Gasteiger partial charge is 0.306 e. The van der Waals surface area contributed by atoms with Crippen LogP contribution in [0.1, 0.15) is 213 Å². The molecule has 0 radical (unpaired) electrons. The Morgan fingerprint density at radius 2 is 0.698 bits per heavy atom. The summed E-state index contributed by atoms with van der Waals surface area (Å²) in [5, 5.41) is 0. The van der Waals surface area contributed by atoms with Crippen molar-refractivity contribution in [3.05, 3.63) is 109 Å². The highest BCUT2D eigenvalue weighted by molar-refractivity contribution is 5.71. The van der Waals surface area contributed by atoms with Crippen LogP contribution in [0.15, 0.2) is 109 Å². The van der Waals surface area contributed by atoms with Crippen LogP contribution in [0, 0.1) is 0 Å². The third kappa shape index (κ3) is 49.0. The van der Waals surface area contributed by atoms with Crippen LogP contribution in [0.2, 0.25) is 0 Å². The van der Waals surface area contributed by atoms with Gasteiger partial charge in [-0.3, -0.25) is 14.4 Å². The molecule has 0 aliphatic heterocycles. The fourth-order valence-electron chi connectivity index (χ4n) is 6.66. The summed E-state index contributed by atoms with van der Waals surface area (Å²) < 4.78 is 16.7. The molecule has 0 bridgehead atoms. The number of allylic oxidation sites excluding steroid dienone is 18. The Balaban J connectivity index is 4.52. The SMILES string of the molecule is CC\C=C/C=C\C=C/C=C\C=C\C=C/CCCCCC(=O)OCC(COC(=O)CCCCCCCCCCCCCCCC)OC(=O)CCCCCC/C=C\C/C=C\C/C=C\CC. The quantitative estimate of drug-likeness (QED) is 0.0199. The van der Waals surface area contributed by atoms with Gasteiger partial charge in [-0.2, -0.15) is 0 Å². The number of esters is 3. The highest BCUT2D eigenvalue weighted by Gasteiger charge is 2.19. The molecule has 0 saturated heterocycles. The van der Waals surface area contributed by atoms with Crippen LogP contribution < -0.4 is 0 Å². The lowest BCUT2D eigenvalue weighted by Crippen LogP contribution is -2.30. The summed E-state index contributed by atoms with van der Waals surface area (Å²) in [5.74, 6) is -0.974. The summed E-state index contributed by atoms with van der Waals surface area (Å²) in [7, 11) is 0. The predicted octanol–water partition coefficient (Wildman–Crippen LogP) is 16.8. The van der Waals surface area contributed by atoms with Gasteiger partial charge in [-0.15, -0.1) is 0 Å². The van der Waals surface area contributed by atoms with E-state index in [9.17, 15) is 14.4 Å². The maximum Gasteiger partial charge on any atom is 0.306 e. The van der Waals surface area contributed by atoms with E-state index in [1.54, 1.807) is 0 Å². The first-order chi connectivity index (χ1) is 31.0.